The van der Waals surface area contributed by atoms with Gasteiger partial charge in [-0.15, -0.1) is 0 Å². The van der Waals surface area contributed by atoms with E-state index in [0.29, 0.717) is 0 Å². The molecule has 0 bridgehead atoms. The Hall–Kier alpha value is -1.10. The third-order valence-electron chi connectivity index (χ3n) is 2.05. The van der Waals surface area contributed by atoms with Crippen LogP contribution in [0.4, 0.5) is 0 Å². The van der Waals surface area contributed by atoms with Crippen molar-refractivity contribution in [3.63, 3.8) is 0 Å². The highest BCUT2D eigenvalue weighted by molar-refractivity contribution is 5.78. The van der Waals surface area contributed by atoms with Gasteiger partial charge < -0.3 is 14.7 Å². The topological polar surface area (TPSA) is 66.8 Å². The summed E-state index contributed by atoms with van der Waals surface area (Å²) in [5.74, 6) is -1.06. The third-order valence-corrected chi connectivity index (χ3v) is 2.05. The van der Waals surface area contributed by atoms with E-state index in [1.807, 2.05) is 27.7 Å². The molecule has 0 saturated heterocycles. The maximum Gasteiger partial charge on any atom is 0.305 e. The van der Waals surface area contributed by atoms with Crippen molar-refractivity contribution >= 4 is 11.9 Å². The number of amides is 1. The van der Waals surface area contributed by atoms with Gasteiger partial charge in [-0.2, -0.15) is 0 Å². The van der Waals surface area contributed by atoms with Crippen LogP contribution in [0.5, 0.6) is 0 Å². The molecule has 0 aromatic rings. The van der Waals surface area contributed by atoms with Gasteiger partial charge in [0.1, 0.15) is 6.61 Å². The average molecular weight is 231 g/mol. The summed E-state index contributed by atoms with van der Waals surface area (Å²) < 4.78 is 5.20. The highest BCUT2D eigenvalue weighted by Gasteiger charge is 2.18. The van der Waals surface area contributed by atoms with E-state index in [-0.39, 0.29) is 37.6 Å². The van der Waals surface area contributed by atoms with Crippen LogP contribution in [0.3, 0.4) is 0 Å². The van der Waals surface area contributed by atoms with E-state index < -0.39 is 5.97 Å². The molecule has 1 N–H and O–H groups in total. The molecule has 0 aromatic carbocycles. The first-order chi connectivity index (χ1) is 7.34. The van der Waals surface area contributed by atoms with E-state index in [0.717, 1.165) is 0 Å². The number of carboxylic acids is 1. The summed E-state index contributed by atoms with van der Waals surface area (Å²) in [7, 11) is 0. The van der Waals surface area contributed by atoms with Crippen molar-refractivity contribution < 1.29 is 19.4 Å². The molecule has 5 heteroatoms. The second-order valence-corrected chi connectivity index (χ2v) is 4.18. The van der Waals surface area contributed by atoms with E-state index in [1.54, 1.807) is 0 Å². The van der Waals surface area contributed by atoms with Crippen LogP contribution < -0.4 is 0 Å². The molecule has 0 rings (SSSR count). The van der Waals surface area contributed by atoms with E-state index in [9.17, 15) is 9.59 Å². The number of aliphatic carboxylic acids is 1. The minimum Gasteiger partial charge on any atom is -0.481 e. The smallest absolute Gasteiger partial charge is 0.305 e. The summed E-state index contributed by atoms with van der Waals surface area (Å²) >= 11 is 0. The van der Waals surface area contributed by atoms with Crippen LogP contribution in [-0.2, 0) is 14.3 Å². The second kappa shape index (κ2) is 7.22. The number of nitrogens with zero attached hydrogens (tertiary/aromatic N) is 1. The Morgan fingerprint density at radius 1 is 1.25 bits per heavy atom. The van der Waals surface area contributed by atoms with Crippen LogP contribution in [0.1, 0.15) is 34.1 Å². The fraction of sp³-hybridized carbons (Fsp3) is 0.818. The van der Waals surface area contributed by atoms with Gasteiger partial charge in [-0.25, -0.2) is 0 Å². The van der Waals surface area contributed by atoms with E-state index in [2.05, 4.69) is 0 Å². The summed E-state index contributed by atoms with van der Waals surface area (Å²) in [6.07, 6.45) is -0.0385. The second-order valence-electron chi connectivity index (χ2n) is 4.18. The van der Waals surface area contributed by atoms with Crippen molar-refractivity contribution in [2.45, 2.75) is 46.3 Å². The summed E-state index contributed by atoms with van der Waals surface area (Å²) in [6, 6.07) is -0.0115. The molecular weight excluding hydrogens is 210 g/mol. The molecule has 0 aromatic heterocycles. The molecule has 5 nitrogen and oxygen atoms in total. The molecule has 0 spiro atoms. The number of carboxylic acid groups (broad SMARTS) is 1. The van der Waals surface area contributed by atoms with Crippen molar-refractivity contribution in [3.8, 4) is 0 Å². The van der Waals surface area contributed by atoms with Crippen molar-refractivity contribution in [1.82, 2.24) is 4.90 Å². The van der Waals surface area contributed by atoms with Gasteiger partial charge in [0.05, 0.1) is 12.5 Å². The van der Waals surface area contributed by atoms with Gasteiger partial charge in [0.15, 0.2) is 0 Å². The first-order valence-corrected chi connectivity index (χ1v) is 5.47. The minimum atomic E-state index is -0.900. The van der Waals surface area contributed by atoms with Gasteiger partial charge in [-0.05, 0) is 27.7 Å². The van der Waals surface area contributed by atoms with E-state index in [4.69, 9.17) is 9.84 Å². The van der Waals surface area contributed by atoms with Gasteiger partial charge in [-0.1, -0.05) is 0 Å². The zero-order chi connectivity index (χ0) is 12.7. The third kappa shape index (κ3) is 6.40. The quantitative estimate of drug-likeness (QED) is 0.713. The molecule has 16 heavy (non-hydrogen) atoms. The number of carbonyl (C=O) groups is 2. The van der Waals surface area contributed by atoms with Crippen molar-refractivity contribution in [2.24, 2.45) is 0 Å². The number of rotatable bonds is 7. The Kier molecular flexibility index (Phi) is 6.72. The van der Waals surface area contributed by atoms with Gasteiger partial charge in [0, 0.05) is 12.6 Å². The standard InChI is InChI=1S/C11H21NO4/c1-8(2)12(6-5-11(14)15)10(13)7-16-9(3)4/h8-9H,5-7H2,1-4H3,(H,14,15). The average Bonchev–Trinajstić information content (AvgIpc) is 2.13. The lowest BCUT2D eigenvalue weighted by Crippen LogP contribution is -2.41. The molecule has 0 unspecified atom stereocenters. The lowest BCUT2D eigenvalue weighted by Gasteiger charge is -2.26. The highest BCUT2D eigenvalue weighted by atomic mass is 16.5. The first-order valence-electron chi connectivity index (χ1n) is 5.47. The summed E-state index contributed by atoms with van der Waals surface area (Å²) in [5, 5.41) is 8.57. The Morgan fingerprint density at radius 3 is 2.19 bits per heavy atom. The zero-order valence-corrected chi connectivity index (χ0v) is 10.4. The molecular formula is C11H21NO4. The van der Waals surface area contributed by atoms with Crippen LogP contribution in [0.2, 0.25) is 0 Å². The number of carbonyl (C=O) groups excluding carboxylic acids is 1. The van der Waals surface area contributed by atoms with E-state index >= 15 is 0 Å². The van der Waals surface area contributed by atoms with E-state index in [1.165, 1.54) is 4.90 Å². The van der Waals surface area contributed by atoms with Crippen LogP contribution in [0.15, 0.2) is 0 Å². The Labute approximate surface area is 96.4 Å². The molecule has 0 aliphatic rings. The number of hydrogen-bond acceptors (Lipinski definition) is 3. The fourth-order valence-corrected chi connectivity index (χ4v) is 1.21. The molecule has 94 valence electrons. The number of hydrogen-bond donors (Lipinski definition) is 1. The van der Waals surface area contributed by atoms with Gasteiger partial charge >= 0.3 is 5.97 Å². The summed E-state index contributed by atoms with van der Waals surface area (Å²) in [5.41, 5.74) is 0. The maximum absolute atomic E-state index is 11.7. The molecule has 0 aliphatic carbocycles. The SMILES string of the molecule is CC(C)OCC(=O)N(CCC(=O)O)C(C)C. The Balaban J connectivity index is 4.19. The largest absolute Gasteiger partial charge is 0.481 e. The molecule has 0 radical (unpaired) electrons. The molecule has 0 heterocycles. The Morgan fingerprint density at radius 2 is 1.81 bits per heavy atom. The van der Waals surface area contributed by atoms with Gasteiger partial charge in [0.2, 0.25) is 5.91 Å². The molecule has 0 aliphatic heterocycles. The van der Waals surface area contributed by atoms with Crippen LogP contribution >= 0.6 is 0 Å². The molecule has 1 amide bonds. The van der Waals surface area contributed by atoms with Crippen molar-refractivity contribution in [1.29, 1.82) is 0 Å². The maximum atomic E-state index is 11.7. The lowest BCUT2D eigenvalue weighted by molar-refractivity contribution is -0.142. The monoisotopic (exact) mass is 231 g/mol. The molecule has 0 saturated carbocycles. The fourth-order valence-electron chi connectivity index (χ4n) is 1.21. The van der Waals surface area contributed by atoms with Gasteiger partial charge in [0.25, 0.3) is 0 Å². The van der Waals surface area contributed by atoms with Crippen molar-refractivity contribution in [2.75, 3.05) is 13.2 Å². The van der Waals surface area contributed by atoms with Crippen molar-refractivity contribution in [3.05, 3.63) is 0 Å². The summed E-state index contributed by atoms with van der Waals surface area (Å²) in [4.78, 5) is 23.7. The minimum absolute atomic E-state index is 0.00237. The van der Waals surface area contributed by atoms with Crippen LogP contribution in [0, 0.1) is 0 Å². The lowest BCUT2D eigenvalue weighted by atomic mass is 10.3. The highest BCUT2D eigenvalue weighted by Crippen LogP contribution is 2.02. The predicted molar refractivity (Wildman–Crippen MR) is 60.2 cm³/mol. The summed E-state index contributed by atoms with van der Waals surface area (Å²) in [6.45, 7) is 7.65. The first kappa shape index (κ1) is 14.9. The number of ether oxygens (including phenoxy) is 1. The van der Waals surface area contributed by atoms with Crippen LogP contribution in [0.25, 0.3) is 0 Å². The molecule has 0 atom stereocenters. The normalized spacial score (nSPS) is 10.9. The predicted octanol–water partition coefficient (Wildman–Crippen LogP) is 1.12. The molecule has 0 fully saturated rings. The zero-order valence-electron chi connectivity index (χ0n) is 10.4. The van der Waals surface area contributed by atoms with Gasteiger partial charge in [-0.3, -0.25) is 9.59 Å². The van der Waals surface area contributed by atoms with Crippen LogP contribution in [-0.4, -0.2) is 47.2 Å². The Bertz CT molecular complexity index is 238.